The molecule has 4 nitrogen and oxygen atoms in total. The number of fused-ring (bicyclic) bond motifs is 3. The van der Waals surface area contributed by atoms with Crippen molar-refractivity contribution in [3.8, 4) is 5.75 Å². The molecule has 0 amide bonds. The van der Waals surface area contributed by atoms with Gasteiger partial charge in [-0.1, -0.05) is 32.6 Å². The summed E-state index contributed by atoms with van der Waals surface area (Å²) >= 11 is 1.60. The van der Waals surface area contributed by atoms with Gasteiger partial charge in [-0.05, 0) is 59.6 Å². The number of carbonyl (C=O) groups excluding carboxylic acids is 1. The molecule has 152 valence electrons. The topological polar surface area (TPSA) is 42.4 Å². The van der Waals surface area contributed by atoms with Gasteiger partial charge in [-0.25, -0.2) is 4.98 Å². The fourth-order valence-corrected chi connectivity index (χ4v) is 6.19. The first kappa shape index (κ1) is 18.1. The zero-order valence-corrected chi connectivity index (χ0v) is 18.1. The van der Waals surface area contributed by atoms with Gasteiger partial charge in [0.25, 0.3) is 0 Å². The Bertz CT molecular complexity index is 1210. The molecule has 0 N–H and O–H groups in total. The summed E-state index contributed by atoms with van der Waals surface area (Å²) in [6, 6.07) is 10.3. The molecule has 3 aliphatic heterocycles. The zero-order valence-electron chi connectivity index (χ0n) is 17.3. The Hall–Kier alpha value is -2.66. The van der Waals surface area contributed by atoms with Crippen molar-refractivity contribution < 1.29 is 9.53 Å². The molecule has 4 heterocycles. The van der Waals surface area contributed by atoms with Crippen LogP contribution in [0.5, 0.6) is 5.75 Å². The average Bonchev–Trinajstić information content (AvgIpc) is 3.15. The lowest BCUT2D eigenvalue weighted by Gasteiger charge is -2.45. The molecule has 3 aromatic rings. The number of hydrogen-bond donors (Lipinski definition) is 0. The summed E-state index contributed by atoms with van der Waals surface area (Å²) in [5.41, 5.74) is 6.92. The summed E-state index contributed by atoms with van der Waals surface area (Å²) in [5.74, 6) is 0.195. The molecule has 2 aromatic carbocycles. The van der Waals surface area contributed by atoms with Crippen molar-refractivity contribution in [1.82, 2.24) is 4.98 Å². The number of ether oxygens (including phenoxy) is 1. The maximum absolute atomic E-state index is 13.1. The molecular formula is C25H24N2O2S. The smallest absolute Gasteiger partial charge is 0.321 e. The van der Waals surface area contributed by atoms with Crippen molar-refractivity contribution in [1.29, 1.82) is 0 Å². The van der Waals surface area contributed by atoms with E-state index in [2.05, 4.69) is 37.5 Å². The first-order valence-electron chi connectivity index (χ1n) is 10.6. The van der Waals surface area contributed by atoms with Gasteiger partial charge in [-0.3, -0.25) is 4.79 Å². The van der Waals surface area contributed by atoms with E-state index < -0.39 is 0 Å². The van der Waals surface area contributed by atoms with Gasteiger partial charge >= 0.3 is 5.97 Å². The minimum absolute atomic E-state index is 0.0973. The molecule has 6 rings (SSSR count). The number of aromatic nitrogens is 1. The highest BCUT2D eigenvalue weighted by Gasteiger charge is 2.41. The van der Waals surface area contributed by atoms with Gasteiger partial charge in [0.2, 0.25) is 0 Å². The van der Waals surface area contributed by atoms with E-state index >= 15 is 0 Å². The number of esters is 1. The highest BCUT2D eigenvalue weighted by Crippen LogP contribution is 2.53. The third-order valence-electron chi connectivity index (χ3n) is 6.94. The predicted molar refractivity (Wildman–Crippen MR) is 122 cm³/mol. The number of nitrogens with zero attached hydrogens (tertiary/aromatic N) is 2. The fourth-order valence-electron chi connectivity index (χ4n) is 5.13. The minimum atomic E-state index is -0.347. The van der Waals surface area contributed by atoms with Crippen LogP contribution in [-0.4, -0.2) is 24.0 Å². The number of thiazole rings is 1. The lowest BCUT2D eigenvalue weighted by Crippen LogP contribution is -2.41. The normalized spacial score (nSPS) is 21.9. The van der Waals surface area contributed by atoms with Crippen LogP contribution in [0.3, 0.4) is 0 Å². The van der Waals surface area contributed by atoms with Gasteiger partial charge in [-0.2, -0.15) is 0 Å². The van der Waals surface area contributed by atoms with Gasteiger partial charge in [0.05, 0.1) is 15.9 Å². The molecule has 0 spiro atoms. The summed E-state index contributed by atoms with van der Waals surface area (Å²) < 4.78 is 7.15. The summed E-state index contributed by atoms with van der Waals surface area (Å²) in [6.07, 6.45) is 2.69. The van der Waals surface area contributed by atoms with Crippen molar-refractivity contribution in [2.45, 2.75) is 44.4 Å². The largest absolute Gasteiger partial charge is 0.425 e. The molecule has 1 unspecified atom stereocenters. The first-order valence-corrected chi connectivity index (χ1v) is 11.4. The number of carbonyl (C=O) groups is 1. The van der Waals surface area contributed by atoms with Gasteiger partial charge < -0.3 is 9.64 Å². The number of anilines is 1. The molecule has 0 bridgehead atoms. The van der Waals surface area contributed by atoms with E-state index in [9.17, 15) is 4.79 Å². The van der Waals surface area contributed by atoms with E-state index in [-0.39, 0.29) is 17.3 Å². The Labute approximate surface area is 180 Å². The molecule has 0 aliphatic carbocycles. The quantitative estimate of drug-likeness (QED) is 0.391. The Balaban J connectivity index is 1.51. The number of hydrogen-bond acceptors (Lipinski definition) is 5. The van der Waals surface area contributed by atoms with Gasteiger partial charge in [0.1, 0.15) is 16.7 Å². The van der Waals surface area contributed by atoms with E-state index in [4.69, 9.17) is 9.72 Å². The molecule has 0 saturated carbocycles. The molecule has 0 fully saturated rings. The Kier molecular flexibility index (Phi) is 3.73. The third kappa shape index (κ3) is 2.51. The second kappa shape index (κ2) is 6.17. The molecule has 0 saturated heterocycles. The minimum Gasteiger partial charge on any atom is -0.425 e. The van der Waals surface area contributed by atoms with Gasteiger partial charge in [0.15, 0.2) is 0 Å². The molecule has 1 atom stereocenters. The number of rotatable bonds is 1. The van der Waals surface area contributed by atoms with E-state index in [0.717, 1.165) is 63.6 Å². The Morgan fingerprint density at radius 1 is 1.27 bits per heavy atom. The highest BCUT2D eigenvalue weighted by atomic mass is 32.1. The standard InChI is InChI=1S/C25H24N2O2S/c1-14-8-10-27-11-9-25(2,3)17-13-15-12-16(24(28)29-22(15)20(14)21(17)27)23-26-18-6-4-5-7-19(18)30-23/h4-7,13,16H,1,8-12H2,2-3H3. The molecule has 3 aliphatic rings. The monoisotopic (exact) mass is 416 g/mol. The number of benzene rings is 2. The van der Waals surface area contributed by atoms with Crippen LogP contribution in [0.15, 0.2) is 36.9 Å². The van der Waals surface area contributed by atoms with Crippen LogP contribution < -0.4 is 9.64 Å². The van der Waals surface area contributed by atoms with E-state index in [1.807, 2.05) is 18.2 Å². The van der Waals surface area contributed by atoms with Crippen LogP contribution >= 0.6 is 11.3 Å². The van der Waals surface area contributed by atoms with E-state index in [0.29, 0.717) is 6.42 Å². The van der Waals surface area contributed by atoms with Gasteiger partial charge in [0, 0.05) is 18.7 Å². The molecule has 5 heteroatoms. The van der Waals surface area contributed by atoms with Crippen LogP contribution in [0, 0.1) is 0 Å². The second-order valence-electron chi connectivity index (χ2n) is 9.31. The molecular weight excluding hydrogens is 392 g/mol. The molecule has 1 aromatic heterocycles. The lowest BCUT2D eigenvalue weighted by molar-refractivity contribution is -0.137. The van der Waals surface area contributed by atoms with Crippen molar-refractivity contribution in [3.63, 3.8) is 0 Å². The van der Waals surface area contributed by atoms with Crippen molar-refractivity contribution >= 4 is 38.8 Å². The summed E-state index contributed by atoms with van der Waals surface area (Å²) in [7, 11) is 0. The van der Waals surface area contributed by atoms with Crippen LogP contribution in [0.4, 0.5) is 5.69 Å². The maximum Gasteiger partial charge on any atom is 0.321 e. The van der Waals surface area contributed by atoms with Gasteiger partial charge in [-0.15, -0.1) is 11.3 Å². The third-order valence-corrected chi connectivity index (χ3v) is 8.09. The van der Waals surface area contributed by atoms with Crippen LogP contribution in [-0.2, 0) is 16.6 Å². The van der Waals surface area contributed by atoms with Crippen LogP contribution in [0.25, 0.3) is 15.8 Å². The Morgan fingerprint density at radius 3 is 2.93 bits per heavy atom. The van der Waals surface area contributed by atoms with Crippen LogP contribution in [0.1, 0.15) is 54.3 Å². The Morgan fingerprint density at radius 2 is 2.10 bits per heavy atom. The van der Waals surface area contributed by atoms with Crippen molar-refractivity contribution in [3.05, 3.63) is 58.6 Å². The maximum atomic E-state index is 13.1. The predicted octanol–water partition coefficient (Wildman–Crippen LogP) is 5.45. The first-order chi connectivity index (χ1) is 14.4. The average molecular weight is 417 g/mol. The number of para-hydroxylation sites is 1. The molecule has 30 heavy (non-hydrogen) atoms. The zero-order chi connectivity index (χ0) is 20.6. The van der Waals surface area contributed by atoms with Crippen molar-refractivity contribution in [2.24, 2.45) is 0 Å². The van der Waals surface area contributed by atoms with E-state index in [1.165, 1.54) is 11.3 Å². The summed E-state index contributed by atoms with van der Waals surface area (Å²) in [5, 5.41) is 0.845. The summed E-state index contributed by atoms with van der Waals surface area (Å²) in [4.78, 5) is 20.3. The van der Waals surface area contributed by atoms with Crippen molar-refractivity contribution in [2.75, 3.05) is 18.0 Å². The summed E-state index contributed by atoms with van der Waals surface area (Å²) in [6.45, 7) is 11.0. The fraction of sp³-hybridized carbons (Fsp3) is 0.360. The lowest BCUT2D eigenvalue weighted by atomic mass is 9.73. The second-order valence-corrected chi connectivity index (χ2v) is 10.4. The van der Waals surface area contributed by atoms with E-state index in [1.54, 1.807) is 11.3 Å². The molecule has 0 radical (unpaired) electrons. The highest BCUT2D eigenvalue weighted by molar-refractivity contribution is 7.18. The SMILES string of the molecule is C=C1CCN2CCC(C)(C)c3cc4c(c1c32)OC(=O)C(c1nc2ccccc2s1)C4. The van der Waals surface area contributed by atoms with Crippen LogP contribution in [0.2, 0.25) is 0 Å².